The Morgan fingerprint density at radius 3 is 2.52 bits per heavy atom. The Balaban J connectivity index is 2.31. The first-order valence-electron chi connectivity index (χ1n) is 6.56. The second-order valence-corrected chi connectivity index (χ2v) is 6.07. The number of nitrogens with zero attached hydrogens (tertiary/aromatic N) is 1. The van der Waals surface area contributed by atoms with Gasteiger partial charge in [-0.3, -0.25) is 0 Å². The van der Waals surface area contributed by atoms with Crippen LogP contribution >= 0.6 is 11.3 Å². The molecule has 0 aliphatic carbocycles. The number of fused-ring (bicyclic) bond motifs is 1. The van der Waals surface area contributed by atoms with Crippen molar-refractivity contribution in [2.45, 2.75) is 13.8 Å². The molecule has 1 heterocycles. The predicted molar refractivity (Wildman–Crippen MR) is 87.2 cm³/mol. The van der Waals surface area contributed by atoms with Gasteiger partial charge in [0.25, 0.3) is 0 Å². The molecule has 1 aromatic heterocycles. The molecule has 4 heteroatoms. The molecule has 2 aromatic carbocycles. The van der Waals surface area contributed by atoms with Gasteiger partial charge < -0.3 is 10.2 Å². The molecule has 3 nitrogen and oxygen atoms in total. The molecule has 0 spiro atoms. The Morgan fingerprint density at radius 1 is 1.10 bits per heavy atom. The summed E-state index contributed by atoms with van der Waals surface area (Å²) in [6.45, 7) is 7.30. The van der Waals surface area contributed by atoms with Crippen LogP contribution in [-0.4, -0.2) is 15.2 Å². The van der Waals surface area contributed by atoms with Crippen LogP contribution in [0.1, 0.15) is 16.1 Å². The SMILES string of the molecule is C=c1c(C)c(O)/c(=C/c2nc3ccccc3s2)c(C)c1O. The highest BCUT2D eigenvalue weighted by Crippen LogP contribution is 2.23. The van der Waals surface area contributed by atoms with Crippen LogP contribution in [-0.2, 0) is 0 Å². The summed E-state index contributed by atoms with van der Waals surface area (Å²) < 4.78 is 1.09. The smallest absolute Gasteiger partial charge is 0.126 e. The van der Waals surface area contributed by atoms with Gasteiger partial charge in [-0.05, 0) is 32.1 Å². The van der Waals surface area contributed by atoms with Crippen molar-refractivity contribution < 1.29 is 10.2 Å². The van der Waals surface area contributed by atoms with Crippen molar-refractivity contribution in [1.29, 1.82) is 0 Å². The number of benzene rings is 2. The standard InChI is InChI=1S/C17H15NO2S/c1-9-10(2)17(20)12(11(3)16(9)19)8-15-18-13-6-4-5-7-14(13)21-15/h4-8,19-20H,1H2,2-3H3/b12-8+. The summed E-state index contributed by atoms with van der Waals surface area (Å²) in [5.74, 6) is 0.271. The average molecular weight is 297 g/mol. The van der Waals surface area contributed by atoms with Crippen molar-refractivity contribution >= 4 is 34.2 Å². The van der Waals surface area contributed by atoms with E-state index < -0.39 is 0 Å². The molecule has 0 radical (unpaired) electrons. The topological polar surface area (TPSA) is 53.4 Å². The van der Waals surface area contributed by atoms with Crippen molar-refractivity contribution in [3.63, 3.8) is 0 Å². The third-order valence-corrected chi connectivity index (χ3v) is 4.67. The van der Waals surface area contributed by atoms with Gasteiger partial charge in [0.2, 0.25) is 0 Å². The molecule has 0 fully saturated rings. The highest BCUT2D eigenvalue weighted by atomic mass is 32.1. The number of aromatic hydroxyl groups is 2. The summed E-state index contributed by atoms with van der Waals surface area (Å²) in [6, 6.07) is 7.89. The largest absolute Gasteiger partial charge is 0.507 e. The number of rotatable bonds is 1. The molecule has 0 aliphatic heterocycles. The fourth-order valence-corrected chi connectivity index (χ4v) is 3.22. The van der Waals surface area contributed by atoms with Crippen molar-refractivity contribution in [2.75, 3.05) is 0 Å². The van der Waals surface area contributed by atoms with Crippen molar-refractivity contribution in [2.24, 2.45) is 0 Å². The van der Waals surface area contributed by atoms with E-state index in [-0.39, 0.29) is 11.5 Å². The zero-order valence-corrected chi connectivity index (χ0v) is 12.7. The molecule has 21 heavy (non-hydrogen) atoms. The van der Waals surface area contributed by atoms with Gasteiger partial charge in [0.15, 0.2) is 0 Å². The minimum Gasteiger partial charge on any atom is -0.507 e. The molecule has 106 valence electrons. The fraction of sp³-hybridized carbons (Fsp3) is 0.118. The second kappa shape index (κ2) is 4.90. The highest BCUT2D eigenvalue weighted by Gasteiger charge is 2.10. The first-order valence-corrected chi connectivity index (χ1v) is 7.38. The van der Waals surface area contributed by atoms with E-state index >= 15 is 0 Å². The van der Waals surface area contributed by atoms with Gasteiger partial charge in [-0.1, -0.05) is 18.7 Å². The molecule has 0 unspecified atom stereocenters. The van der Waals surface area contributed by atoms with Gasteiger partial charge in [0.1, 0.15) is 16.5 Å². The Hall–Kier alpha value is -2.33. The number of hydrogen-bond donors (Lipinski definition) is 2. The zero-order chi connectivity index (χ0) is 15.1. The Kier molecular flexibility index (Phi) is 3.18. The first kappa shape index (κ1) is 13.6. The molecule has 3 aromatic rings. The maximum Gasteiger partial charge on any atom is 0.126 e. The number of hydrogen-bond acceptors (Lipinski definition) is 4. The van der Waals surface area contributed by atoms with Gasteiger partial charge in [-0.2, -0.15) is 0 Å². The first-order chi connectivity index (χ1) is 9.99. The Labute approximate surface area is 126 Å². The predicted octanol–water partition coefficient (Wildman–Crippen LogP) is 2.56. The quantitative estimate of drug-likeness (QED) is 0.679. The Morgan fingerprint density at radius 2 is 1.81 bits per heavy atom. The molecule has 0 saturated heterocycles. The van der Waals surface area contributed by atoms with Gasteiger partial charge in [-0.15, -0.1) is 11.3 Å². The molecule has 0 saturated carbocycles. The van der Waals surface area contributed by atoms with Crippen LogP contribution in [0.15, 0.2) is 24.3 Å². The van der Waals surface area contributed by atoms with Gasteiger partial charge in [-0.25, -0.2) is 4.98 Å². The maximum atomic E-state index is 10.3. The lowest BCUT2D eigenvalue weighted by Crippen LogP contribution is -2.17. The minimum absolute atomic E-state index is 0.123. The van der Waals surface area contributed by atoms with E-state index in [2.05, 4.69) is 11.6 Å². The third kappa shape index (κ3) is 2.17. The van der Waals surface area contributed by atoms with Crippen LogP contribution in [0.2, 0.25) is 0 Å². The van der Waals surface area contributed by atoms with Crippen LogP contribution in [0.3, 0.4) is 0 Å². The summed E-state index contributed by atoms with van der Waals surface area (Å²) >= 11 is 1.55. The van der Waals surface area contributed by atoms with E-state index in [0.717, 1.165) is 15.2 Å². The number of aromatic nitrogens is 1. The molecule has 0 aliphatic rings. The monoisotopic (exact) mass is 297 g/mol. The van der Waals surface area contributed by atoms with Crippen molar-refractivity contribution in [3.8, 4) is 11.5 Å². The molecule has 3 rings (SSSR count). The molecule has 0 atom stereocenters. The van der Waals surface area contributed by atoms with E-state index in [1.165, 1.54) is 0 Å². The fourth-order valence-electron chi connectivity index (χ4n) is 2.31. The van der Waals surface area contributed by atoms with E-state index in [9.17, 15) is 10.2 Å². The lowest BCUT2D eigenvalue weighted by molar-refractivity contribution is 0.445. The molecular formula is C17H15NO2S. The number of para-hydroxylation sites is 1. The molecule has 2 N–H and O–H groups in total. The highest BCUT2D eigenvalue weighted by molar-refractivity contribution is 7.19. The average Bonchev–Trinajstić information content (AvgIpc) is 2.90. The summed E-state index contributed by atoms with van der Waals surface area (Å²) in [5.41, 5.74) is 2.13. The van der Waals surface area contributed by atoms with Crippen LogP contribution in [0.5, 0.6) is 11.5 Å². The van der Waals surface area contributed by atoms with Gasteiger partial charge in [0.05, 0.1) is 10.2 Å². The van der Waals surface area contributed by atoms with E-state index in [4.69, 9.17) is 0 Å². The zero-order valence-electron chi connectivity index (χ0n) is 11.8. The van der Waals surface area contributed by atoms with Crippen LogP contribution in [0, 0.1) is 13.8 Å². The van der Waals surface area contributed by atoms with E-state index in [1.807, 2.05) is 30.3 Å². The van der Waals surface area contributed by atoms with Crippen molar-refractivity contribution in [1.82, 2.24) is 4.98 Å². The summed E-state index contributed by atoms with van der Waals surface area (Å²) in [4.78, 5) is 4.53. The lowest BCUT2D eigenvalue weighted by atomic mass is 10.0. The summed E-state index contributed by atoms with van der Waals surface area (Å²) in [5, 5.41) is 22.3. The normalized spacial score (nSPS) is 12.2. The summed E-state index contributed by atoms with van der Waals surface area (Å²) in [7, 11) is 0. The summed E-state index contributed by atoms with van der Waals surface area (Å²) in [6.07, 6.45) is 1.81. The van der Waals surface area contributed by atoms with Gasteiger partial charge in [0, 0.05) is 21.6 Å². The van der Waals surface area contributed by atoms with E-state index in [1.54, 1.807) is 25.2 Å². The van der Waals surface area contributed by atoms with Crippen LogP contribution in [0.4, 0.5) is 0 Å². The molecular weight excluding hydrogens is 282 g/mol. The van der Waals surface area contributed by atoms with E-state index in [0.29, 0.717) is 21.6 Å². The van der Waals surface area contributed by atoms with Gasteiger partial charge >= 0.3 is 0 Å². The third-order valence-electron chi connectivity index (χ3n) is 3.69. The lowest BCUT2D eigenvalue weighted by Gasteiger charge is -2.07. The number of phenolic OH excluding ortho intramolecular Hbond substituents is 2. The van der Waals surface area contributed by atoms with Crippen LogP contribution < -0.4 is 10.4 Å². The number of thiazole rings is 1. The maximum absolute atomic E-state index is 10.3. The second-order valence-electron chi connectivity index (χ2n) is 5.00. The minimum atomic E-state index is 0.123. The van der Waals surface area contributed by atoms with Crippen LogP contribution in [0.25, 0.3) is 22.9 Å². The van der Waals surface area contributed by atoms with Crippen molar-refractivity contribution in [3.05, 3.63) is 50.8 Å². The molecule has 0 bridgehead atoms. The molecule has 0 amide bonds. The number of phenols is 2. The Bertz CT molecular complexity index is 889.